The Balaban J connectivity index is 1.80. The van der Waals surface area contributed by atoms with E-state index < -0.39 is 0 Å². The van der Waals surface area contributed by atoms with Crippen molar-refractivity contribution in [3.8, 4) is 0 Å². The van der Waals surface area contributed by atoms with Crippen LogP contribution in [0.4, 0.5) is 11.9 Å². The minimum Gasteiger partial charge on any atom is -0.354 e. The lowest BCUT2D eigenvalue weighted by Gasteiger charge is -2.05. The maximum Gasteiger partial charge on any atom is 0.245 e. The number of aromatic nitrogens is 3. The van der Waals surface area contributed by atoms with Crippen LogP contribution in [0.5, 0.6) is 0 Å². The Labute approximate surface area is 102 Å². The molecular weight excluding hydrogens is 214 g/mol. The Bertz CT molecular complexity index is 442. The van der Waals surface area contributed by atoms with Gasteiger partial charge in [-0.25, -0.2) is 5.10 Å². The molecule has 0 bridgehead atoms. The summed E-state index contributed by atoms with van der Waals surface area (Å²) in [6, 6.07) is 0. The zero-order valence-electron chi connectivity index (χ0n) is 10.6. The van der Waals surface area contributed by atoms with E-state index in [9.17, 15) is 0 Å². The lowest BCUT2D eigenvalue weighted by Crippen LogP contribution is -2.10. The molecule has 1 aromatic rings. The molecule has 0 unspecified atom stereocenters. The third kappa shape index (κ3) is 2.87. The van der Waals surface area contributed by atoms with Crippen molar-refractivity contribution in [3.05, 3.63) is 23.3 Å². The van der Waals surface area contributed by atoms with Gasteiger partial charge < -0.3 is 10.2 Å². The molecule has 0 amide bonds. The van der Waals surface area contributed by atoms with Crippen molar-refractivity contribution >= 4 is 11.9 Å². The second-order valence-electron chi connectivity index (χ2n) is 4.41. The van der Waals surface area contributed by atoms with Crippen LogP contribution < -0.4 is 10.2 Å². The Morgan fingerprint density at radius 1 is 1.41 bits per heavy atom. The molecule has 0 atom stereocenters. The van der Waals surface area contributed by atoms with E-state index in [-0.39, 0.29) is 0 Å². The summed E-state index contributed by atoms with van der Waals surface area (Å²) in [4.78, 5) is 6.18. The third-order valence-corrected chi connectivity index (χ3v) is 2.86. The lowest BCUT2D eigenvalue weighted by molar-refractivity contribution is 0.974. The first-order valence-corrected chi connectivity index (χ1v) is 5.86. The summed E-state index contributed by atoms with van der Waals surface area (Å²) in [6.07, 6.45) is 6.64. The molecule has 2 N–H and O–H groups in total. The third-order valence-electron chi connectivity index (χ3n) is 2.86. The van der Waals surface area contributed by atoms with Crippen molar-refractivity contribution in [2.75, 3.05) is 30.9 Å². The van der Waals surface area contributed by atoms with Gasteiger partial charge in [-0.2, -0.15) is 4.98 Å². The highest BCUT2D eigenvalue weighted by atomic mass is 15.4. The van der Waals surface area contributed by atoms with Crippen LogP contribution in [-0.4, -0.2) is 35.8 Å². The first-order chi connectivity index (χ1) is 8.16. The van der Waals surface area contributed by atoms with Gasteiger partial charge in [0.25, 0.3) is 0 Å². The molecule has 0 spiro atoms. The van der Waals surface area contributed by atoms with Crippen LogP contribution in [0.3, 0.4) is 0 Å². The number of aromatic amines is 1. The summed E-state index contributed by atoms with van der Waals surface area (Å²) in [5, 5.41) is 10.2. The molecule has 5 heteroatoms. The van der Waals surface area contributed by atoms with Crippen molar-refractivity contribution in [1.29, 1.82) is 0 Å². The van der Waals surface area contributed by atoms with E-state index >= 15 is 0 Å². The van der Waals surface area contributed by atoms with Crippen molar-refractivity contribution < 1.29 is 0 Å². The van der Waals surface area contributed by atoms with E-state index in [1.807, 2.05) is 19.0 Å². The predicted molar refractivity (Wildman–Crippen MR) is 70.3 cm³/mol. The SMILES string of the molecule is CC1=CCC=C1CCNc1nc(N(C)C)n[nH]1. The van der Waals surface area contributed by atoms with Gasteiger partial charge in [0.2, 0.25) is 11.9 Å². The van der Waals surface area contributed by atoms with Crippen molar-refractivity contribution in [1.82, 2.24) is 15.2 Å². The Morgan fingerprint density at radius 2 is 2.24 bits per heavy atom. The molecule has 0 fully saturated rings. The maximum atomic E-state index is 4.31. The van der Waals surface area contributed by atoms with Crippen LogP contribution in [0.15, 0.2) is 23.3 Å². The second-order valence-corrected chi connectivity index (χ2v) is 4.41. The van der Waals surface area contributed by atoms with Gasteiger partial charge in [0.15, 0.2) is 0 Å². The smallest absolute Gasteiger partial charge is 0.245 e. The van der Waals surface area contributed by atoms with E-state index in [0.29, 0.717) is 5.95 Å². The number of allylic oxidation sites excluding steroid dienone is 3. The standard InChI is InChI=1S/C12H19N5/c1-9-5-4-6-10(9)7-8-13-11-14-12(16-15-11)17(2)3/h5-6H,4,7-8H2,1-3H3,(H2,13,14,15,16). The number of rotatable bonds is 5. The van der Waals surface area contributed by atoms with Crippen molar-refractivity contribution in [2.24, 2.45) is 0 Å². The molecule has 92 valence electrons. The molecule has 1 heterocycles. The average Bonchev–Trinajstić information content (AvgIpc) is 2.89. The summed E-state index contributed by atoms with van der Waals surface area (Å²) in [5.41, 5.74) is 2.84. The summed E-state index contributed by atoms with van der Waals surface area (Å²) in [7, 11) is 3.84. The molecule has 0 saturated heterocycles. The molecule has 0 radical (unpaired) electrons. The molecule has 2 rings (SSSR count). The van der Waals surface area contributed by atoms with Gasteiger partial charge in [0.05, 0.1) is 0 Å². The van der Waals surface area contributed by atoms with Crippen LogP contribution in [0.2, 0.25) is 0 Å². The van der Waals surface area contributed by atoms with Gasteiger partial charge >= 0.3 is 0 Å². The molecule has 5 nitrogen and oxygen atoms in total. The Hall–Kier alpha value is -1.78. The number of H-pyrrole nitrogens is 1. The fourth-order valence-electron chi connectivity index (χ4n) is 1.82. The van der Waals surface area contributed by atoms with Gasteiger partial charge in [0.1, 0.15) is 0 Å². The fraction of sp³-hybridized carbons (Fsp3) is 0.500. The highest BCUT2D eigenvalue weighted by Crippen LogP contribution is 2.21. The second kappa shape index (κ2) is 5.03. The summed E-state index contributed by atoms with van der Waals surface area (Å²) >= 11 is 0. The monoisotopic (exact) mass is 233 g/mol. The minimum absolute atomic E-state index is 0.698. The number of hydrogen-bond acceptors (Lipinski definition) is 4. The minimum atomic E-state index is 0.698. The lowest BCUT2D eigenvalue weighted by atomic mass is 10.1. The number of anilines is 2. The number of nitrogens with zero attached hydrogens (tertiary/aromatic N) is 3. The van der Waals surface area contributed by atoms with Gasteiger partial charge in [-0.3, -0.25) is 0 Å². The Kier molecular flexibility index (Phi) is 3.46. The van der Waals surface area contributed by atoms with E-state index in [2.05, 4.69) is 39.6 Å². The maximum absolute atomic E-state index is 4.31. The molecule has 1 aliphatic carbocycles. The van der Waals surface area contributed by atoms with E-state index in [1.54, 1.807) is 0 Å². The van der Waals surface area contributed by atoms with E-state index in [0.717, 1.165) is 25.3 Å². The molecular formula is C12H19N5. The Morgan fingerprint density at radius 3 is 2.82 bits per heavy atom. The number of hydrogen-bond donors (Lipinski definition) is 2. The van der Waals surface area contributed by atoms with E-state index in [1.165, 1.54) is 11.1 Å². The molecule has 0 aliphatic heterocycles. The molecule has 1 aromatic heterocycles. The van der Waals surface area contributed by atoms with Gasteiger partial charge in [-0.1, -0.05) is 17.7 Å². The molecule has 0 saturated carbocycles. The van der Waals surface area contributed by atoms with Gasteiger partial charge in [0, 0.05) is 20.6 Å². The highest BCUT2D eigenvalue weighted by Gasteiger charge is 2.06. The largest absolute Gasteiger partial charge is 0.354 e. The zero-order chi connectivity index (χ0) is 12.3. The fourth-order valence-corrected chi connectivity index (χ4v) is 1.82. The van der Waals surface area contributed by atoms with Gasteiger partial charge in [-0.05, 0) is 25.3 Å². The normalized spacial score (nSPS) is 14.5. The quantitative estimate of drug-likeness (QED) is 0.816. The van der Waals surface area contributed by atoms with Gasteiger partial charge in [-0.15, -0.1) is 5.10 Å². The first kappa shape index (κ1) is 11.7. The van der Waals surface area contributed by atoms with Crippen LogP contribution in [-0.2, 0) is 0 Å². The molecule has 1 aliphatic rings. The topological polar surface area (TPSA) is 56.8 Å². The first-order valence-electron chi connectivity index (χ1n) is 5.86. The molecule has 17 heavy (non-hydrogen) atoms. The highest BCUT2D eigenvalue weighted by molar-refractivity contribution is 5.38. The summed E-state index contributed by atoms with van der Waals surface area (Å²) in [6.45, 7) is 3.04. The zero-order valence-corrected chi connectivity index (χ0v) is 10.6. The van der Waals surface area contributed by atoms with Crippen LogP contribution in [0, 0.1) is 0 Å². The van der Waals surface area contributed by atoms with Crippen LogP contribution >= 0.6 is 0 Å². The molecule has 0 aromatic carbocycles. The van der Waals surface area contributed by atoms with Crippen molar-refractivity contribution in [2.45, 2.75) is 19.8 Å². The van der Waals surface area contributed by atoms with Crippen LogP contribution in [0.25, 0.3) is 0 Å². The predicted octanol–water partition coefficient (Wildman–Crippen LogP) is 1.95. The van der Waals surface area contributed by atoms with Crippen LogP contribution in [0.1, 0.15) is 19.8 Å². The van der Waals surface area contributed by atoms with E-state index in [4.69, 9.17) is 0 Å². The average molecular weight is 233 g/mol. The summed E-state index contributed by atoms with van der Waals surface area (Å²) in [5.74, 6) is 1.43. The van der Waals surface area contributed by atoms with Crippen molar-refractivity contribution in [3.63, 3.8) is 0 Å². The number of nitrogens with one attached hydrogen (secondary N) is 2. The summed E-state index contributed by atoms with van der Waals surface area (Å²) < 4.78 is 0.